The zero-order valence-electron chi connectivity index (χ0n) is 12.5. The predicted molar refractivity (Wildman–Crippen MR) is 82.3 cm³/mol. The predicted octanol–water partition coefficient (Wildman–Crippen LogP) is 2.33. The molecule has 0 fully saturated rings. The van der Waals surface area contributed by atoms with E-state index in [0.717, 1.165) is 5.56 Å². The second kappa shape index (κ2) is 7.26. The average Bonchev–Trinajstić information content (AvgIpc) is 2.87. The van der Waals surface area contributed by atoms with Gasteiger partial charge in [0.25, 0.3) is 0 Å². The van der Waals surface area contributed by atoms with Gasteiger partial charge in [0.05, 0.1) is 19.4 Å². The van der Waals surface area contributed by atoms with Gasteiger partial charge in [-0.3, -0.25) is 4.68 Å². The standard InChI is InChI=1S/C16H16N2O5/c1-2-23-9-8-12-13(15(19)20)17-18(14(12)16(21)22)10-11-6-4-3-5-7-11/h3-9H,2,10H2,1H3,(H,19,20)(H,21,22). The highest BCUT2D eigenvalue weighted by atomic mass is 16.5. The van der Waals surface area contributed by atoms with Crippen molar-refractivity contribution in [2.45, 2.75) is 13.5 Å². The fourth-order valence-electron chi connectivity index (χ4n) is 2.10. The lowest BCUT2D eigenvalue weighted by atomic mass is 10.1. The Morgan fingerprint density at radius 3 is 2.48 bits per heavy atom. The Labute approximate surface area is 132 Å². The van der Waals surface area contributed by atoms with E-state index in [1.165, 1.54) is 17.0 Å². The topological polar surface area (TPSA) is 102 Å². The molecule has 0 saturated carbocycles. The first-order chi connectivity index (χ1) is 11.0. The summed E-state index contributed by atoms with van der Waals surface area (Å²) < 4.78 is 6.20. The summed E-state index contributed by atoms with van der Waals surface area (Å²) in [5, 5.41) is 22.6. The van der Waals surface area contributed by atoms with Gasteiger partial charge in [-0.2, -0.15) is 5.10 Å². The molecule has 0 spiro atoms. The maximum Gasteiger partial charge on any atom is 0.357 e. The Bertz CT molecular complexity index is 734. The summed E-state index contributed by atoms with van der Waals surface area (Å²) in [5.74, 6) is -2.55. The molecule has 1 heterocycles. The molecule has 0 aliphatic carbocycles. The molecular weight excluding hydrogens is 300 g/mol. The van der Waals surface area contributed by atoms with Crippen molar-refractivity contribution in [3.63, 3.8) is 0 Å². The van der Waals surface area contributed by atoms with E-state index in [2.05, 4.69) is 5.10 Å². The number of carboxylic acids is 2. The SMILES string of the molecule is CCOC=Cc1c(C(=O)O)nn(Cc2ccccc2)c1C(=O)O. The second-order valence-corrected chi connectivity index (χ2v) is 4.62. The first-order valence-corrected chi connectivity index (χ1v) is 6.94. The van der Waals surface area contributed by atoms with Crippen LogP contribution in [0.15, 0.2) is 36.6 Å². The molecule has 0 amide bonds. The van der Waals surface area contributed by atoms with Crippen molar-refractivity contribution >= 4 is 18.0 Å². The third-order valence-electron chi connectivity index (χ3n) is 3.07. The molecule has 7 nitrogen and oxygen atoms in total. The largest absolute Gasteiger partial charge is 0.501 e. The number of hydrogen-bond donors (Lipinski definition) is 2. The van der Waals surface area contributed by atoms with E-state index in [4.69, 9.17) is 4.74 Å². The molecule has 2 aromatic rings. The smallest absolute Gasteiger partial charge is 0.357 e. The number of aromatic carboxylic acids is 2. The second-order valence-electron chi connectivity index (χ2n) is 4.62. The minimum absolute atomic E-state index is 0.00869. The first kappa shape index (κ1) is 16.3. The number of nitrogens with zero attached hydrogens (tertiary/aromatic N) is 2. The van der Waals surface area contributed by atoms with Crippen molar-refractivity contribution in [3.8, 4) is 0 Å². The number of rotatable bonds is 7. The van der Waals surface area contributed by atoms with Gasteiger partial charge in [-0.25, -0.2) is 9.59 Å². The maximum atomic E-state index is 11.6. The third-order valence-corrected chi connectivity index (χ3v) is 3.07. The lowest BCUT2D eigenvalue weighted by Crippen LogP contribution is -2.12. The Balaban J connectivity index is 2.51. The first-order valence-electron chi connectivity index (χ1n) is 6.94. The molecule has 1 aromatic heterocycles. The number of carbonyl (C=O) groups is 2. The Morgan fingerprint density at radius 1 is 1.22 bits per heavy atom. The van der Waals surface area contributed by atoms with E-state index < -0.39 is 11.9 Å². The van der Waals surface area contributed by atoms with Gasteiger partial charge in [-0.15, -0.1) is 0 Å². The summed E-state index contributed by atoms with van der Waals surface area (Å²) in [5.41, 5.74) is 0.306. The minimum Gasteiger partial charge on any atom is -0.501 e. The molecule has 0 radical (unpaired) electrons. The van der Waals surface area contributed by atoms with Gasteiger partial charge < -0.3 is 14.9 Å². The van der Waals surface area contributed by atoms with Crippen LogP contribution in [-0.4, -0.2) is 38.5 Å². The van der Waals surface area contributed by atoms with Crippen molar-refractivity contribution < 1.29 is 24.5 Å². The molecule has 0 unspecified atom stereocenters. The summed E-state index contributed by atoms with van der Waals surface area (Å²) >= 11 is 0. The van der Waals surface area contributed by atoms with Crippen LogP contribution in [0, 0.1) is 0 Å². The lowest BCUT2D eigenvalue weighted by Gasteiger charge is -2.05. The van der Waals surface area contributed by atoms with Crippen LogP contribution in [0.2, 0.25) is 0 Å². The molecule has 0 aliphatic heterocycles. The van der Waals surface area contributed by atoms with Crippen molar-refractivity contribution in [2.75, 3.05) is 6.61 Å². The molecule has 120 valence electrons. The molecular formula is C16H16N2O5. The maximum absolute atomic E-state index is 11.6. The van der Waals surface area contributed by atoms with Crippen LogP contribution in [-0.2, 0) is 11.3 Å². The minimum atomic E-state index is -1.30. The molecule has 2 rings (SSSR count). The van der Waals surface area contributed by atoms with Gasteiger partial charge in [0.1, 0.15) is 0 Å². The monoisotopic (exact) mass is 316 g/mol. The van der Waals surface area contributed by atoms with Crippen molar-refractivity contribution in [2.24, 2.45) is 0 Å². The van der Waals surface area contributed by atoms with Crippen LogP contribution in [0.4, 0.5) is 0 Å². The van der Waals surface area contributed by atoms with Gasteiger partial charge in [-0.1, -0.05) is 30.3 Å². The number of carboxylic acid groups (broad SMARTS) is 2. The van der Waals surface area contributed by atoms with Crippen molar-refractivity contribution in [3.05, 3.63) is 59.1 Å². The van der Waals surface area contributed by atoms with Crippen LogP contribution in [0.5, 0.6) is 0 Å². The highest BCUT2D eigenvalue weighted by Gasteiger charge is 2.25. The highest BCUT2D eigenvalue weighted by molar-refractivity contribution is 5.98. The van der Waals surface area contributed by atoms with Crippen molar-refractivity contribution in [1.82, 2.24) is 9.78 Å². The van der Waals surface area contributed by atoms with E-state index in [-0.39, 0.29) is 23.5 Å². The number of ether oxygens (including phenoxy) is 1. The van der Waals surface area contributed by atoms with Crippen LogP contribution in [0.3, 0.4) is 0 Å². The van der Waals surface area contributed by atoms with Crippen LogP contribution < -0.4 is 0 Å². The number of hydrogen-bond acceptors (Lipinski definition) is 4. The molecule has 0 bridgehead atoms. The molecule has 0 aliphatic rings. The molecule has 2 N–H and O–H groups in total. The summed E-state index contributed by atoms with van der Waals surface area (Å²) in [6.45, 7) is 2.31. The normalized spacial score (nSPS) is 10.8. The Morgan fingerprint density at radius 2 is 1.91 bits per heavy atom. The number of aromatic nitrogens is 2. The Kier molecular flexibility index (Phi) is 5.14. The molecule has 0 saturated heterocycles. The average molecular weight is 316 g/mol. The van der Waals surface area contributed by atoms with Crippen LogP contribution >= 0.6 is 0 Å². The van der Waals surface area contributed by atoms with Gasteiger partial charge in [0, 0.05) is 5.56 Å². The molecule has 7 heteroatoms. The highest BCUT2D eigenvalue weighted by Crippen LogP contribution is 2.19. The zero-order chi connectivity index (χ0) is 16.8. The van der Waals surface area contributed by atoms with Crippen molar-refractivity contribution in [1.29, 1.82) is 0 Å². The summed E-state index contributed by atoms with van der Waals surface area (Å²) in [7, 11) is 0. The third kappa shape index (κ3) is 3.76. The molecule has 1 aromatic carbocycles. The molecule has 0 atom stereocenters. The van der Waals surface area contributed by atoms with E-state index in [0.29, 0.717) is 6.61 Å². The van der Waals surface area contributed by atoms with Gasteiger partial charge in [0.2, 0.25) is 0 Å². The van der Waals surface area contributed by atoms with Gasteiger partial charge in [-0.05, 0) is 18.6 Å². The Hall–Kier alpha value is -3.09. The van der Waals surface area contributed by atoms with Crippen LogP contribution in [0.1, 0.15) is 39.0 Å². The summed E-state index contributed by atoms with van der Waals surface area (Å²) in [6, 6.07) is 9.08. The molecule has 23 heavy (non-hydrogen) atoms. The van der Waals surface area contributed by atoms with E-state index in [1.54, 1.807) is 6.92 Å². The zero-order valence-corrected chi connectivity index (χ0v) is 12.5. The van der Waals surface area contributed by atoms with E-state index in [9.17, 15) is 19.8 Å². The fraction of sp³-hybridized carbons (Fsp3) is 0.188. The van der Waals surface area contributed by atoms with Gasteiger partial charge in [0.15, 0.2) is 11.4 Å². The van der Waals surface area contributed by atoms with Gasteiger partial charge >= 0.3 is 11.9 Å². The quantitative estimate of drug-likeness (QED) is 0.760. The summed E-state index contributed by atoms with van der Waals surface area (Å²) in [4.78, 5) is 22.9. The number of benzene rings is 1. The lowest BCUT2D eigenvalue weighted by molar-refractivity contribution is 0.0676. The van der Waals surface area contributed by atoms with E-state index in [1.807, 2.05) is 30.3 Å². The van der Waals surface area contributed by atoms with E-state index >= 15 is 0 Å². The van der Waals surface area contributed by atoms with Crippen LogP contribution in [0.25, 0.3) is 6.08 Å². The fourth-order valence-corrected chi connectivity index (χ4v) is 2.10. The summed E-state index contributed by atoms with van der Waals surface area (Å²) in [6.07, 6.45) is 2.58.